The van der Waals surface area contributed by atoms with Crippen molar-refractivity contribution < 1.29 is 26.4 Å². The van der Waals surface area contributed by atoms with E-state index >= 15 is 0 Å². The van der Waals surface area contributed by atoms with Gasteiger partial charge in [-0.3, -0.25) is 9.10 Å². The van der Waals surface area contributed by atoms with E-state index in [4.69, 9.17) is 0 Å². The van der Waals surface area contributed by atoms with Crippen LogP contribution in [0.15, 0.2) is 24.3 Å². The SMILES string of the molecule is CC(C(=O)NC1CCCCCCC1)N(c1cccc(C(F)(F)F)c1)S(C)(=O)=O. The number of nitrogens with zero attached hydrogens (tertiary/aromatic N) is 1. The molecule has 1 aliphatic rings. The van der Waals surface area contributed by atoms with Gasteiger partial charge in [-0.25, -0.2) is 8.42 Å². The number of benzene rings is 1. The number of amides is 1. The van der Waals surface area contributed by atoms with Crippen molar-refractivity contribution in [3.8, 4) is 0 Å². The lowest BCUT2D eigenvalue weighted by Crippen LogP contribution is -2.50. The predicted molar refractivity (Wildman–Crippen MR) is 102 cm³/mol. The second-order valence-electron chi connectivity index (χ2n) is 7.33. The van der Waals surface area contributed by atoms with Crippen LogP contribution in [0.2, 0.25) is 0 Å². The van der Waals surface area contributed by atoms with Gasteiger partial charge in [0.15, 0.2) is 0 Å². The Morgan fingerprint density at radius 1 is 1.14 bits per heavy atom. The molecule has 2 rings (SSSR count). The summed E-state index contributed by atoms with van der Waals surface area (Å²) in [7, 11) is -3.97. The summed E-state index contributed by atoms with van der Waals surface area (Å²) >= 11 is 0. The second-order valence-corrected chi connectivity index (χ2v) is 9.19. The van der Waals surface area contributed by atoms with Crippen LogP contribution in [0.25, 0.3) is 0 Å². The van der Waals surface area contributed by atoms with Crippen molar-refractivity contribution in [1.82, 2.24) is 5.32 Å². The Morgan fingerprint density at radius 2 is 1.71 bits per heavy atom. The summed E-state index contributed by atoms with van der Waals surface area (Å²) in [5.74, 6) is -0.506. The summed E-state index contributed by atoms with van der Waals surface area (Å²) in [6, 6.07) is 2.80. The lowest BCUT2D eigenvalue weighted by Gasteiger charge is -2.30. The average molecular weight is 420 g/mol. The van der Waals surface area contributed by atoms with Crippen molar-refractivity contribution in [2.24, 2.45) is 0 Å². The molecule has 1 saturated carbocycles. The first-order chi connectivity index (χ1) is 13.0. The first-order valence-electron chi connectivity index (χ1n) is 9.47. The first-order valence-corrected chi connectivity index (χ1v) is 11.3. The summed E-state index contributed by atoms with van der Waals surface area (Å²) in [4.78, 5) is 12.7. The molecule has 0 radical (unpaired) electrons. The molecule has 0 saturated heterocycles. The average Bonchev–Trinajstić information content (AvgIpc) is 2.55. The molecule has 5 nitrogen and oxygen atoms in total. The van der Waals surface area contributed by atoms with Gasteiger partial charge in [0.05, 0.1) is 17.5 Å². The van der Waals surface area contributed by atoms with Crippen LogP contribution in [0.5, 0.6) is 0 Å². The number of carbonyl (C=O) groups excluding carboxylic acids is 1. The molecular weight excluding hydrogens is 393 g/mol. The molecule has 1 N–H and O–H groups in total. The maximum atomic E-state index is 13.0. The molecule has 1 amide bonds. The van der Waals surface area contributed by atoms with E-state index in [1.54, 1.807) is 0 Å². The van der Waals surface area contributed by atoms with Crippen LogP contribution in [0.4, 0.5) is 18.9 Å². The molecule has 0 bridgehead atoms. The van der Waals surface area contributed by atoms with E-state index in [0.29, 0.717) is 0 Å². The molecule has 0 aromatic heterocycles. The number of hydrogen-bond acceptors (Lipinski definition) is 3. The van der Waals surface area contributed by atoms with Gasteiger partial charge in [-0.05, 0) is 38.0 Å². The van der Waals surface area contributed by atoms with Crippen molar-refractivity contribution >= 4 is 21.6 Å². The third-order valence-corrected chi connectivity index (χ3v) is 6.21. The molecule has 0 spiro atoms. The third kappa shape index (κ3) is 6.12. The lowest BCUT2D eigenvalue weighted by atomic mass is 9.96. The fraction of sp³-hybridized carbons (Fsp3) is 0.632. The van der Waals surface area contributed by atoms with Crippen molar-refractivity contribution in [1.29, 1.82) is 0 Å². The fourth-order valence-corrected chi connectivity index (χ4v) is 4.72. The van der Waals surface area contributed by atoms with E-state index in [1.165, 1.54) is 19.4 Å². The molecule has 1 aliphatic carbocycles. The van der Waals surface area contributed by atoms with Crippen molar-refractivity contribution in [2.75, 3.05) is 10.6 Å². The summed E-state index contributed by atoms with van der Waals surface area (Å²) in [6.45, 7) is 1.39. The van der Waals surface area contributed by atoms with Crippen LogP contribution >= 0.6 is 0 Å². The Balaban J connectivity index is 2.24. The van der Waals surface area contributed by atoms with Crippen LogP contribution < -0.4 is 9.62 Å². The van der Waals surface area contributed by atoms with Gasteiger partial charge in [-0.15, -0.1) is 0 Å². The van der Waals surface area contributed by atoms with Crippen LogP contribution in [0, 0.1) is 0 Å². The maximum absolute atomic E-state index is 13.0. The number of sulfonamides is 1. The summed E-state index contributed by atoms with van der Waals surface area (Å²) in [6.07, 6.45) is 3.27. The topological polar surface area (TPSA) is 66.5 Å². The molecule has 1 aromatic carbocycles. The van der Waals surface area contributed by atoms with Gasteiger partial charge in [-0.1, -0.05) is 38.2 Å². The van der Waals surface area contributed by atoms with Gasteiger partial charge < -0.3 is 5.32 Å². The first kappa shape index (κ1) is 22.5. The normalized spacial score (nSPS) is 18.0. The Kier molecular flexibility index (Phi) is 7.36. The van der Waals surface area contributed by atoms with Crippen LogP contribution in [0.1, 0.15) is 57.4 Å². The number of rotatable bonds is 5. The summed E-state index contributed by atoms with van der Waals surface area (Å²) in [5, 5.41) is 2.89. The standard InChI is InChI=1S/C19H27F3N2O3S/c1-14(18(25)23-16-10-6-4-3-5-7-11-16)24(28(2,26)27)17-12-8-9-15(13-17)19(20,21)22/h8-9,12-14,16H,3-7,10-11H2,1-2H3,(H,23,25). The number of anilines is 1. The quantitative estimate of drug-likeness (QED) is 0.780. The van der Waals surface area contributed by atoms with E-state index < -0.39 is 33.7 Å². The van der Waals surface area contributed by atoms with Crippen LogP contribution in [0.3, 0.4) is 0 Å². The number of carbonyl (C=O) groups is 1. The van der Waals surface area contributed by atoms with Gasteiger partial charge in [0.1, 0.15) is 6.04 Å². The van der Waals surface area contributed by atoms with Gasteiger partial charge in [0.2, 0.25) is 15.9 Å². The predicted octanol–water partition coefficient (Wildman–Crippen LogP) is 4.09. The Labute approximate surface area is 164 Å². The third-order valence-electron chi connectivity index (χ3n) is 4.97. The number of nitrogens with one attached hydrogen (secondary N) is 1. The fourth-order valence-electron chi connectivity index (χ4n) is 3.55. The van der Waals surface area contributed by atoms with Crippen LogP contribution in [-0.4, -0.2) is 32.7 Å². The molecule has 1 atom stereocenters. The molecule has 1 fully saturated rings. The minimum Gasteiger partial charge on any atom is -0.352 e. The highest BCUT2D eigenvalue weighted by atomic mass is 32.2. The van der Waals surface area contributed by atoms with E-state index in [2.05, 4.69) is 5.32 Å². The maximum Gasteiger partial charge on any atom is 0.416 e. The minimum atomic E-state index is -4.61. The number of halogens is 3. The zero-order valence-electron chi connectivity index (χ0n) is 16.1. The van der Waals surface area contributed by atoms with E-state index in [9.17, 15) is 26.4 Å². The Morgan fingerprint density at radius 3 is 2.25 bits per heavy atom. The molecule has 28 heavy (non-hydrogen) atoms. The van der Waals surface area contributed by atoms with E-state index in [-0.39, 0.29) is 11.7 Å². The second kappa shape index (κ2) is 9.15. The lowest BCUT2D eigenvalue weighted by molar-refractivity contribution is -0.137. The molecule has 9 heteroatoms. The van der Waals surface area contributed by atoms with Crippen LogP contribution in [-0.2, 0) is 21.0 Å². The monoisotopic (exact) mass is 420 g/mol. The van der Waals surface area contributed by atoms with Crippen molar-refractivity contribution in [2.45, 2.75) is 70.1 Å². The molecule has 1 aromatic rings. The van der Waals surface area contributed by atoms with Gasteiger partial charge in [0.25, 0.3) is 0 Å². The van der Waals surface area contributed by atoms with Gasteiger partial charge in [-0.2, -0.15) is 13.2 Å². The largest absolute Gasteiger partial charge is 0.416 e. The number of hydrogen-bond donors (Lipinski definition) is 1. The van der Waals surface area contributed by atoms with E-state index in [0.717, 1.165) is 67.3 Å². The molecule has 0 aliphatic heterocycles. The zero-order valence-corrected chi connectivity index (χ0v) is 16.9. The summed E-state index contributed by atoms with van der Waals surface area (Å²) < 4.78 is 64.4. The smallest absolute Gasteiger partial charge is 0.352 e. The van der Waals surface area contributed by atoms with E-state index in [1.807, 2.05) is 0 Å². The molecule has 158 valence electrons. The highest BCUT2D eigenvalue weighted by molar-refractivity contribution is 7.92. The van der Waals surface area contributed by atoms with Gasteiger partial charge >= 0.3 is 6.18 Å². The van der Waals surface area contributed by atoms with Crippen molar-refractivity contribution in [3.05, 3.63) is 29.8 Å². The number of alkyl halides is 3. The summed E-state index contributed by atoms with van der Waals surface area (Å²) in [5.41, 5.74) is -1.15. The molecule has 0 heterocycles. The Bertz CT molecular complexity index is 773. The molecule has 1 unspecified atom stereocenters. The highest BCUT2D eigenvalue weighted by Gasteiger charge is 2.34. The van der Waals surface area contributed by atoms with Crippen molar-refractivity contribution in [3.63, 3.8) is 0 Å². The highest BCUT2D eigenvalue weighted by Crippen LogP contribution is 2.33. The molecular formula is C19H27F3N2O3S. The minimum absolute atomic E-state index is 0.0434. The van der Waals surface area contributed by atoms with Gasteiger partial charge in [0, 0.05) is 6.04 Å². The zero-order chi connectivity index (χ0) is 20.9. The Hall–Kier alpha value is -1.77.